The maximum Gasteiger partial charge on any atom is 0.231 e. The van der Waals surface area contributed by atoms with Crippen molar-refractivity contribution in [1.29, 1.82) is 0 Å². The average molecular weight is 319 g/mol. The van der Waals surface area contributed by atoms with Crippen LogP contribution in [-0.4, -0.2) is 57.2 Å². The van der Waals surface area contributed by atoms with Gasteiger partial charge in [-0.1, -0.05) is 16.9 Å². The van der Waals surface area contributed by atoms with Gasteiger partial charge in [0.25, 0.3) is 0 Å². The van der Waals surface area contributed by atoms with Gasteiger partial charge in [-0.3, -0.25) is 9.79 Å². The third-order valence-electron chi connectivity index (χ3n) is 4.21. The Bertz CT molecular complexity index is 668. The maximum atomic E-state index is 12.5. The van der Waals surface area contributed by atoms with Crippen LogP contribution in [0.4, 0.5) is 0 Å². The van der Waals surface area contributed by atoms with E-state index >= 15 is 0 Å². The predicted octanol–water partition coefficient (Wildman–Crippen LogP) is 1.34. The van der Waals surface area contributed by atoms with Crippen molar-refractivity contribution in [3.63, 3.8) is 0 Å². The molecule has 3 aliphatic heterocycles. The van der Waals surface area contributed by atoms with Crippen molar-refractivity contribution in [3.05, 3.63) is 22.8 Å². The summed E-state index contributed by atoms with van der Waals surface area (Å²) in [6.45, 7) is 4.96. The lowest BCUT2D eigenvalue weighted by atomic mass is 10.1. The summed E-state index contributed by atoms with van der Waals surface area (Å²) in [6, 6.07) is 0. The Morgan fingerprint density at radius 2 is 2.41 bits per heavy atom. The number of fused-ring (bicyclic) bond motifs is 1. The normalized spacial score (nSPS) is 23.8. The van der Waals surface area contributed by atoms with Gasteiger partial charge in [0, 0.05) is 25.3 Å². The molecular formula is C14H17N5O2S. The van der Waals surface area contributed by atoms with Crippen LogP contribution in [0, 0.1) is 6.92 Å². The summed E-state index contributed by atoms with van der Waals surface area (Å²) in [5, 5.41) is 6.91. The molecular weight excluding hydrogens is 302 g/mol. The number of amidine groups is 1. The summed E-state index contributed by atoms with van der Waals surface area (Å²) in [5.41, 5.74) is 1.07. The summed E-state index contributed by atoms with van der Waals surface area (Å²) in [7, 11) is 0. The van der Waals surface area contributed by atoms with Crippen molar-refractivity contribution in [3.8, 4) is 0 Å². The standard InChI is InChI=1S/C14H17N5O2S/c1-9-16-13(21-17-9)10-2-4-18(7-10)12(20)6-11-8-22-14-15-3-5-19(11)14/h8,10H,2-7H2,1H3/t10-/m0/s1. The summed E-state index contributed by atoms with van der Waals surface area (Å²) in [5.74, 6) is 1.63. The molecule has 1 aromatic heterocycles. The van der Waals surface area contributed by atoms with Gasteiger partial charge >= 0.3 is 0 Å². The molecule has 22 heavy (non-hydrogen) atoms. The van der Waals surface area contributed by atoms with Gasteiger partial charge in [-0.2, -0.15) is 4.98 Å². The molecule has 1 saturated heterocycles. The van der Waals surface area contributed by atoms with E-state index in [-0.39, 0.29) is 11.8 Å². The SMILES string of the molecule is Cc1noc([C@H]2CCN(C(=O)CC3=CSC4=NCCN34)C2)n1. The van der Waals surface area contributed by atoms with Crippen LogP contribution >= 0.6 is 11.8 Å². The highest BCUT2D eigenvalue weighted by molar-refractivity contribution is 8.16. The number of rotatable bonds is 3. The fraction of sp³-hybridized carbons (Fsp3) is 0.571. The molecule has 1 fully saturated rings. The van der Waals surface area contributed by atoms with Gasteiger partial charge in [-0.05, 0) is 18.8 Å². The van der Waals surface area contributed by atoms with Crippen molar-refractivity contribution in [2.75, 3.05) is 26.2 Å². The van der Waals surface area contributed by atoms with E-state index in [9.17, 15) is 4.79 Å². The Morgan fingerprint density at radius 3 is 3.23 bits per heavy atom. The Labute approximate surface area is 132 Å². The average Bonchev–Trinajstić information content (AvgIpc) is 3.22. The Hall–Kier alpha value is -1.83. The van der Waals surface area contributed by atoms with Crippen molar-refractivity contribution in [1.82, 2.24) is 19.9 Å². The second kappa shape index (κ2) is 5.42. The molecule has 0 aromatic carbocycles. The first-order valence-corrected chi connectivity index (χ1v) is 8.34. The first kappa shape index (κ1) is 13.8. The second-order valence-electron chi connectivity index (χ2n) is 5.72. The van der Waals surface area contributed by atoms with E-state index in [4.69, 9.17) is 4.52 Å². The third-order valence-corrected chi connectivity index (χ3v) is 5.16. The second-order valence-corrected chi connectivity index (χ2v) is 6.56. The van der Waals surface area contributed by atoms with Gasteiger partial charge < -0.3 is 14.3 Å². The molecule has 0 radical (unpaired) electrons. The van der Waals surface area contributed by atoms with E-state index in [0.717, 1.165) is 36.9 Å². The monoisotopic (exact) mass is 319 g/mol. The van der Waals surface area contributed by atoms with Crippen LogP contribution in [0.3, 0.4) is 0 Å². The van der Waals surface area contributed by atoms with Gasteiger partial charge in [-0.25, -0.2) is 0 Å². The van der Waals surface area contributed by atoms with Gasteiger partial charge in [0.05, 0.1) is 18.9 Å². The minimum atomic E-state index is 0.165. The molecule has 8 heteroatoms. The minimum absolute atomic E-state index is 0.165. The Kier molecular flexibility index (Phi) is 3.40. The van der Waals surface area contributed by atoms with Crippen LogP contribution < -0.4 is 0 Å². The first-order valence-electron chi connectivity index (χ1n) is 7.46. The van der Waals surface area contributed by atoms with Crippen molar-refractivity contribution >= 4 is 22.8 Å². The minimum Gasteiger partial charge on any atom is -0.342 e. The van der Waals surface area contributed by atoms with Crippen LogP contribution in [0.25, 0.3) is 0 Å². The smallest absolute Gasteiger partial charge is 0.231 e. The zero-order valence-electron chi connectivity index (χ0n) is 12.4. The number of thioether (sulfide) groups is 1. The quantitative estimate of drug-likeness (QED) is 0.837. The summed E-state index contributed by atoms with van der Waals surface area (Å²) < 4.78 is 5.23. The molecule has 3 aliphatic rings. The largest absolute Gasteiger partial charge is 0.342 e. The molecule has 0 unspecified atom stereocenters. The van der Waals surface area contributed by atoms with E-state index in [1.807, 2.05) is 17.2 Å². The number of hydrogen-bond acceptors (Lipinski definition) is 7. The lowest BCUT2D eigenvalue weighted by Crippen LogP contribution is -2.31. The van der Waals surface area contributed by atoms with Gasteiger partial charge in [-0.15, -0.1) is 0 Å². The molecule has 4 rings (SSSR count). The number of amides is 1. The molecule has 7 nitrogen and oxygen atoms in total. The number of hydrogen-bond donors (Lipinski definition) is 0. The number of aliphatic imine (C=N–C) groups is 1. The van der Waals surface area contributed by atoms with E-state index < -0.39 is 0 Å². The summed E-state index contributed by atoms with van der Waals surface area (Å²) in [4.78, 5) is 25.3. The highest BCUT2D eigenvalue weighted by Gasteiger charge is 2.33. The number of nitrogens with zero attached hydrogens (tertiary/aromatic N) is 5. The third kappa shape index (κ3) is 2.41. The fourth-order valence-corrected chi connectivity index (χ4v) is 4.00. The highest BCUT2D eigenvalue weighted by atomic mass is 32.2. The van der Waals surface area contributed by atoms with Crippen LogP contribution in [0.2, 0.25) is 0 Å². The molecule has 0 saturated carbocycles. The van der Waals surface area contributed by atoms with Crippen LogP contribution in [-0.2, 0) is 4.79 Å². The molecule has 0 spiro atoms. The van der Waals surface area contributed by atoms with Crippen molar-refractivity contribution in [2.24, 2.45) is 4.99 Å². The molecule has 1 atom stereocenters. The zero-order valence-corrected chi connectivity index (χ0v) is 13.2. The molecule has 1 amide bonds. The number of aryl methyl sites for hydroxylation is 1. The predicted molar refractivity (Wildman–Crippen MR) is 82.3 cm³/mol. The Morgan fingerprint density at radius 1 is 1.50 bits per heavy atom. The van der Waals surface area contributed by atoms with E-state index in [1.165, 1.54) is 0 Å². The highest BCUT2D eigenvalue weighted by Crippen LogP contribution is 2.32. The van der Waals surface area contributed by atoms with Crippen molar-refractivity contribution < 1.29 is 9.32 Å². The molecule has 0 N–H and O–H groups in total. The lowest BCUT2D eigenvalue weighted by Gasteiger charge is -2.20. The zero-order chi connectivity index (χ0) is 15.1. The first-order chi connectivity index (χ1) is 10.7. The Balaban J connectivity index is 1.37. The fourth-order valence-electron chi connectivity index (χ4n) is 3.05. The topological polar surface area (TPSA) is 74.8 Å². The van der Waals surface area contributed by atoms with E-state index in [0.29, 0.717) is 24.7 Å². The van der Waals surface area contributed by atoms with Gasteiger partial charge in [0.1, 0.15) is 0 Å². The van der Waals surface area contributed by atoms with E-state index in [1.54, 1.807) is 11.8 Å². The van der Waals surface area contributed by atoms with E-state index in [2.05, 4.69) is 20.0 Å². The molecule has 0 aliphatic carbocycles. The summed E-state index contributed by atoms with van der Waals surface area (Å²) in [6.07, 6.45) is 1.33. The number of aromatic nitrogens is 2. The van der Waals surface area contributed by atoms with Crippen LogP contribution in [0.1, 0.15) is 30.5 Å². The van der Waals surface area contributed by atoms with Gasteiger partial charge in [0.2, 0.25) is 11.8 Å². The van der Waals surface area contributed by atoms with Crippen LogP contribution in [0.5, 0.6) is 0 Å². The number of likely N-dealkylation sites (tertiary alicyclic amines) is 1. The lowest BCUT2D eigenvalue weighted by molar-refractivity contribution is -0.129. The number of carbonyl (C=O) groups is 1. The molecule has 0 bridgehead atoms. The molecule has 116 valence electrons. The van der Waals surface area contributed by atoms with Crippen molar-refractivity contribution in [2.45, 2.75) is 25.7 Å². The maximum absolute atomic E-state index is 12.5. The van der Waals surface area contributed by atoms with Gasteiger partial charge in [0.15, 0.2) is 11.0 Å². The molecule has 4 heterocycles. The number of carbonyl (C=O) groups excluding carboxylic acids is 1. The van der Waals surface area contributed by atoms with Crippen LogP contribution in [0.15, 0.2) is 20.6 Å². The molecule has 1 aromatic rings. The summed E-state index contributed by atoms with van der Waals surface area (Å²) >= 11 is 1.62.